The maximum Gasteiger partial charge on any atom is 0.243 e. The van der Waals surface area contributed by atoms with Gasteiger partial charge in [0.2, 0.25) is 10.0 Å². The molecule has 0 atom stereocenters. The molecule has 2 aromatic carbocycles. The van der Waals surface area contributed by atoms with Crippen molar-refractivity contribution >= 4 is 32.5 Å². The summed E-state index contributed by atoms with van der Waals surface area (Å²) in [5, 5.41) is 0.250. The first kappa shape index (κ1) is 20.2. The van der Waals surface area contributed by atoms with Gasteiger partial charge in [0.15, 0.2) is 0 Å². The van der Waals surface area contributed by atoms with Gasteiger partial charge in [-0.05, 0) is 42.0 Å². The Morgan fingerprint density at radius 3 is 2.45 bits per heavy atom. The van der Waals surface area contributed by atoms with Crippen LogP contribution in [0.1, 0.15) is 5.56 Å². The zero-order chi connectivity index (χ0) is 20.6. The standard InChI is InChI=1S/C20H18ClF2N3O2S/c21-17-12-15(4-6-19(17)23)29(27,28)26-10-8-25(9-11-26)13-14-3-5-18(22)16-2-1-7-24-20(14)16/h1-7,12H,8-11,13H2. The number of fused-ring (bicyclic) bond motifs is 1. The first-order chi connectivity index (χ1) is 13.9. The summed E-state index contributed by atoms with van der Waals surface area (Å²) in [5.41, 5.74) is 1.51. The summed E-state index contributed by atoms with van der Waals surface area (Å²) in [4.78, 5) is 6.38. The van der Waals surface area contributed by atoms with Crippen LogP contribution < -0.4 is 0 Å². The molecule has 4 rings (SSSR count). The van der Waals surface area contributed by atoms with Crippen molar-refractivity contribution in [2.75, 3.05) is 26.2 Å². The predicted molar refractivity (Wildman–Crippen MR) is 107 cm³/mol. The Morgan fingerprint density at radius 1 is 1.00 bits per heavy atom. The molecule has 5 nitrogen and oxygen atoms in total. The summed E-state index contributed by atoms with van der Waals surface area (Å²) in [5.74, 6) is -0.971. The molecule has 0 unspecified atom stereocenters. The lowest BCUT2D eigenvalue weighted by Crippen LogP contribution is -2.48. The van der Waals surface area contributed by atoms with E-state index in [0.717, 1.165) is 17.7 Å². The van der Waals surface area contributed by atoms with Crippen LogP contribution in [0, 0.1) is 11.6 Å². The van der Waals surface area contributed by atoms with Crippen molar-refractivity contribution in [3.8, 4) is 0 Å². The normalized spacial score (nSPS) is 16.4. The number of sulfonamides is 1. The van der Waals surface area contributed by atoms with E-state index in [1.807, 2.05) is 0 Å². The van der Waals surface area contributed by atoms with Crippen LogP contribution in [0.4, 0.5) is 8.78 Å². The highest BCUT2D eigenvalue weighted by Gasteiger charge is 2.29. The van der Waals surface area contributed by atoms with Crippen LogP contribution in [-0.4, -0.2) is 48.8 Å². The number of rotatable bonds is 4. The number of pyridine rings is 1. The molecule has 0 bridgehead atoms. The molecule has 1 aliphatic rings. The third kappa shape index (κ3) is 3.98. The summed E-state index contributed by atoms with van der Waals surface area (Å²) in [6.07, 6.45) is 1.63. The van der Waals surface area contributed by atoms with E-state index in [2.05, 4.69) is 9.88 Å². The molecule has 1 aliphatic heterocycles. The van der Waals surface area contributed by atoms with Gasteiger partial charge in [0, 0.05) is 44.3 Å². The van der Waals surface area contributed by atoms with E-state index >= 15 is 0 Å². The molecule has 0 amide bonds. The maximum atomic E-state index is 14.0. The molecular weight excluding hydrogens is 420 g/mol. The minimum Gasteiger partial charge on any atom is -0.296 e. The van der Waals surface area contributed by atoms with E-state index in [0.29, 0.717) is 43.6 Å². The lowest BCUT2D eigenvalue weighted by Gasteiger charge is -2.34. The molecule has 0 saturated carbocycles. The molecule has 0 spiro atoms. The van der Waals surface area contributed by atoms with Gasteiger partial charge in [-0.15, -0.1) is 0 Å². The van der Waals surface area contributed by atoms with Gasteiger partial charge in [-0.2, -0.15) is 4.31 Å². The maximum absolute atomic E-state index is 14.0. The Hall–Kier alpha value is -2.13. The van der Waals surface area contributed by atoms with Crippen molar-refractivity contribution in [3.63, 3.8) is 0 Å². The number of benzene rings is 2. The molecule has 3 aromatic rings. The Morgan fingerprint density at radius 2 is 1.72 bits per heavy atom. The third-order valence-corrected chi connectivity index (χ3v) is 7.24. The zero-order valence-electron chi connectivity index (χ0n) is 15.4. The zero-order valence-corrected chi connectivity index (χ0v) is 16.9. The smallest absolute Gasteiger partial charge is 0.243 e. The fourth-order valence-corrected chi connectivity index (χ4v) is 5.17. The van der Waals surface area contributed by atoms with Crippen LogP contribution >= 0.6 is 11.6 Å². The summed E-state index contributed by atoms with van der Waals surface area (Å²) in [6, 6.07) is 9.94. The lowest BCUT2D eigenvalue weighted by molar-refractivity contribution is 0.182. The molecule has 0 N–H and O–H groups in total. The number of hydrogen-bond acceptors (Lipinski definition) is 4. The molecule has 29 heavy (non-hydrogen) atoms. The van der Waals surface area contributed by atoms with Gasteiger partial charge in [-0.1, -0.05) is 17.7 Å². The Kier molecular flexibility index (Phi) is 5.52. The van der Waals surface area contributed by atoms with E-state index in [9.17, 15) is 17.2 Å². The second-order valence-electron chi connectivity index (χ2n) is 6.86. The number of halogens is 3. The quantitative estimate of drug-likeness (QED) is 0.625. The molecule has 9 heteroatoms. The highest BCUT2D eigenvalue weighted by Crippen LogP contribution is 2.25. The van der Waals surface area contributed by atoms with Crippen LogP contribution in [0.5, 0.6) is 0 Å². The van der Waals surface area contributed by atoms with E-state index < -0.39 is 15.8 Å². The molecule has 152 valence electrons. The van der Waals surface area contributed by atoms with Crippen molar-refractivity contribution in [2.45, 2.75) is 11.4 Å². The monoisotopic (exact) mass is 437 g/mol. The summed E-state index contributed by atoms with van der Waals surface area (Å²) in [6.45, 7) is 2.16. The highest BCUT2D eigenvalue weighted by atomic mass is 35.5. The average molecular weight is 438 g/mol. The molecule has 1 saturated heterocycles. The molecule has 0 aliphatic carbocycles. The minimum absolute atomic E-state index is 0.0221. The number of aromatic nitrogens is 1. The SMILES string of the molecule is O=S(=O)(c1ccc(F)c(Cl)c1)N1CCN(Cc2ccc(F)c3cccnc23)CC1. The number of hydrogen-bond donors (Lipinski definition) is 0. The lowest BCUT2D eigenvalue weighted by atomic mass is 10.1. The van der Waals surface area contributed by atoms with Crippen LogP contribution in [-0.2, 0) is 16.6 Å². The van der Waals surface area contributed by atoms with Crippen LogP contribution in [0.15, 0.2) is 53.6 Å². The molecule has 1 fully saturated rings. The molecular formula is C20H18ClF2N3O2S. The summed E-state index contributed by atoms with van der Waals surface area (Å²) >= 11 is 5.73. The van der Waals surface area contributed by atoms with E-state index in [1.165, 1.54) is 16.4 Å². The third-order valence-electron chi connectivity index (χ3n) is 5.05. The highest BCUT2D eigenvalue weighted by molar-refractivity contribution is 7.89. The molecule has 0 radical (unpaired) electrons. The first-order valence-corrected chi connectivity index (χ1v) is 10.9. The average Bonchev–Trinajstić information content (AvgIpc) is 2.72. The van der Waals surface area contributed by atoms with Gasteiger partial charge < -0.3 is 0 Å². The van der Waals surface area contributed by atoms with Crippen molar-refractivity contribution < 1.29 is 17.2 Å². The van der Waals surface area contributed by atoms with Crippen molar-refractivity contribution in [1.82, 2.24) is 14.2 Å². The van der Waals surface area contributed by atoms with Crippen LogP contribution in [0.2, 0.25) is 5.02 Å². The fourth-order valence-electron chi connectivity index (χ4n) is 3.48. The number of piperazine rings is 1. The second kappa shape index (κ2) is 7.95. The minimum atomic E-state index is -3.74. The van der Waals surface area contributed by atoms with E-state index in [-0.39, 0.29) is 15.7 Å². The van der Waals surface area contributed by atoms with E-state index in [4.69, 9.17) is 11.6 Å². The van der Waals surface area contributed by atoms with Gasteiger partial charge in [-0.3, -0.25) is 9.88 Å². The Bertz CT molecular complexity index is 1170. The van der Waals surface area contributed by atoms with Crippen LogP contribution in [0.25, 0.3) is 10.9 Å². The summed E-state index contributed by atoms with van der Waals surface area (Å²) in [7, 11) is -3.74. The van der Waals surface area contributed by atoms with Gasteiger partial charge in [0.25, 0.3) is 0 Å². The van der Waals surface area contributed by atoms with Crippen LogP contribution in [0.3, 0.4) is 0 Å². The fraction of sp³-hybridized carbons (Fsp3) is 0.250. The van der Waals surface area contributed by atoms with Crippen molar-refractivity contribution in [1.29, 1.82) is 0 Å². The molecule has 1 aromatic heterocycles. The van der Waals surface area contributed by atoms with Crippen molar-refractivity contribution in [3.05, 3.63) is 70.9 Å². The first-order valence-electron chi connectivity index (χ1n) is 9.06. The van der Waals surface area contributed by atoms with Gasteiger partial charge in [0.1, 0.15) is 11.6 Å². The summed E-state index contributed by atoms with van der Waals surface area (Å²) < 4.78 is 54.3. The van der Waals surface area contributed by atoms with Gasteiger partial charge >= 0.3 is 0 Å². The topological polar surface area (TPSA) is 53.5 Å². The largest absolute Gasteiger partial charge is 0.296 e. The Labute approximate surface area is 172 Å². The van der Waals surface area contributed by atoms with Gasteiger partial charge in [-0.25, -0.2) is 17.2 Å². The second-order valence-corrected chi connectivity index (χ2v) is 9.21. The number of nitrogens with zero attached hydrogens (tertiary/aromatic N) is 3. The Balaban J connectivity index is 1.47. The predicted octanol–water partition coefficient (Wildman–Crippen LogP) is 3.67. The van der Waals surface area contributed by atoms with Gasteiger partial charge in [0.05, 0.1) is 15.4 Å². The van der Waals surface area contributed by atoms with E-state index in [1.54, 1.807) is 24.4 Å². The van der Waals surface area contributed by atoms with Crippen molar-refractivity contribution in [2.24, 2.45) is 0 Å². The molecule has 2 heterocycles.